The molecule has 138 valence electrons. The zero-order valence-corrected chi connectivity index (χ0v) is 17.4. The molecule has 5 rings (SSSR count). The monoisotopic (exact) mass is 432 g/mol. The smallest absolute Gasteiger partial charge is 0.226 e. The van der Waals surface area contributed by atoms with Crippen LogP contribution in [0.25, 0.3) is 0 Å². The van der Waals surface area contributed by atoms with Crippen LogP contribution in [0.2, 0.25) is 0 Å². The third kappa shape index (κ3) is 3.55. The zero-order valence-electron chi connectivity index (χ0n) is 15.0. The maximum absolute atomic E-state index is 13.0. The Kier molecular flexibility index (Phi) is 5.09. The molecule has 4 saturated carbocycles. The normalized spacial score (nSPS) is 34.5. The predicted octanol–water partition coefficient (Wildman–Crippen LogP) is 4.64. The minimum atomic E-state index is -0.119. The Morgan fingerprint density at radius 1 is 1.27 bits per heavy atom. The SMILES string of the molecule is N#Cc1ccccc1CSCCNC(=O)C12CC3CC(CC(Br)(C3)C1)C2. The fourth-order valence-corrected chi connectivity index (χ4v) is 8.09. The molecule has 1 amide bonds. The van der Waals surface area contributed by atoms with Gasteiger partial charge in [0.05, 0.1) is 17.0 Å². The van der Waals surface area contributed by atoms with Gasteiger partial charge in [0.2, 0.25) is 5.91 Å². The molecule has 1 N–H and O–H groups in total. The van der Waals surface area contributed by atoms with Gasteiger partial charge < -0.3 is 5.32 Å². The molecule has 4 fully saturated rings. The van der Waals surface area contributed by atoms with Crippen molar-refractivity contribution in [1.82, 2.24) is 5.32 Å². The maximum Gasteiger partial charge on any atom is 0.226 e. The molecule has 0 spiro atoms. The molecule has 1 aromatic rings. The Balaban J connectivity index is 1.27. The summed E-state index contributed by atoms with van der Waals surface area (Å²) in [6.45, 7) is 0.713. The van der Waals surface area contributed by atoms with E-state index < -0.39 is 0 Å². The van der Waals surface area contributed by atoms with Crippen LogP contribution >= 0.6 is 27.7 Å². The topological polar surface area (TPSA) is 52.9 Å². The molecule has 2 atom stereocenters. The van der Waals surface area contributed by atoms with E-state index in [4.69, 9.17) is 5.26 Å². The fourth-order valence-electron chi connectivity index (χ4n) is 5.78. The van der Waals surface area contributed by atoms with Gasteiger partial charge in [0.1, 0.15) is 0 Å². The van der Waals surface area contributed by atoms with Crippen molar-refractivity contribution < 1.29 is 4.79 Å². The Hall–Kier alpha value is -0.990. The highest BCUT2D eigenvalue weighted by atomic mass is 79.9. The molecule has 0 aromatic heterocycles. The molecule has 0 aliphatic heterocycles. The maximum atomic E-state index is 13.0. The highest BCUT2D eigenvalue weighted by Crippen LogP contribution is 2.64. The summed E-state index contributed by atoms with van der Waals surface area (Å²) < 4.78 is 0.226. The Morgan fingerprint density at radius 3 is 2.69 bits per heavy atom. The Bertz CT molecular complexity index is 730. The van der Waals surface area contributed by atoms with Gasteiger partial charge in [-0.05, 0) is 62.0 Å². The van der Waals surface area contributed by atoms with E-state index in [-0.39, 0.29) is 15.6 Å². The standard InChI is InChI=1S/C21H25BrN2OS/c22-21-10-15-7-16(11-21)9-20(8-15,14-21)19(25)24-5-6-26-13-18-4-2-1-3-17(18)12-23/h1-4,15-16H,5-11,13-14H2,(H,24,25). The summed E-state index contributed by atoms with van der Waals surface area (Å²) in [7, 11) is 0. The Labute approximate surface area is 168 Å². The molecule has 0 heterocycles. The van der Waals surface area contributed by atoms with E-state index in [1.165, 1.54) is 19.3 Å². The number of alkyl halides is 1. The number of nitriles is 1. The van der Waals surface area contributed by atoms with Gasteiger partial charge in [0, 0.05) is 22.4 Å². The molecule has 1 aromatic carbocycles. The van der Waals surface area contributed by atoms with Gasteiger partial charge in [-0.15, -0.1) is 0 Å². The molecule has 2 unspecified atom stereocenters. The second kappa shape index (κ2) is 7.20. The van der Waals surface area contributed by atoms with Gasteiger partial charge in [0.15, 0.2) is 0 Å². The van der Waals surface area contributed by atoms with Crippen molar-refractivity contribution >= 4 is 33.6 Å². The predicted molar refractivity (Wildman–Crippen MR) is 109 cm³/mol. The molecule has 3 nitrogen and oxygen atoms in total. The van der Waals surface area contributed by atoms with Crippen molar-refractivity contribution in [3.05, 3.63) is 35.4 Å². The third-order valence-electron chi connectivity index (χ3n) is 6.40. The van der Waals surface area contributed by atoms with Gasteiger partial charge >= 0.3 is 0 Å². The van der Waals surface area contributed by atoms with Crippen molar-refractivity contribution in [2.75, 3.05) is 12.3 Å². The second-order valence-electron chi connectivity index (χ2n) is 8.47. The number of carbonyl (C=O) groups excluding carboxylic acids is 1. The molecule has 4 aliphatic carbocycles. The molecule has 0 radical (unpaired) electrons. The first-order valence-electron chi connectivity index (χ1n) is 9.55. The molecule has 26 heavy (non-hydrogen) atoms. The van der Waals surface area contributed by atoms with Crippen molar-refractivity contribution in [3.63, 3.8) is 0 Å². The van der Waals surface area contributed by atoms with Crippen LogP contribution in [0.15, 0.2) is 24.3 Å². The zero-order chi connectivity index (χ0) is 18.2. The van der Waals surface area contributed by atoms with Crippen molar-refractivity contribution in [2.24, 2.45) is 17.3 Å². The minimum absolute atomic E-state index is 0.119. The number of nitrogens with one attached hydrogen (secondary N) is 1. The molecule has 0 saturated heterocycles. The molecule has 4 bridgehead atoms. The average Bonchev–Trinajstić information content (AvgIpc) is 2.59. The first-order chi connectivity index (χ1) is 12.5. The van der Waals surface area contributed by atoms with Crippen LogP contribution in [0, 0.1) is 28.6 Å². The highest BCUT2D eigenvalue weighted by molar-refractivity contribution is 9.10. The Morgan fingerprint density at radius 2 is 2.00 bits per heavy atom. The van der Waals surface area contributed by atoms with Gasteiger partial charge in [-0.2, -0.15) is 17.0 Å². The number of rotatable bonds is 6. The number of thioether (sulfide) groups is 1. The second-order valence-corrected chi connectivity index (χ2v) is 11.3. The third-order valence-corrected chi connectivity index (χ3v) is 8.33. The summed E-state index contributed by atoms with van der Waals surface area (Å²) in [6.07, 6.45) is 7.04. The summed E-state index contributed by atoms with van der Waals surface area (Å²) in [4.78, 5) is 13.0. The summed E-state index contributed by atoms with van der Waals surface area (Å²) in [5.41, 5.74) is 1.71. The molecule has 5 heteroatoms. The summed E-state index contributed by atoms with van der Waals surface area (Å²) >= 11 is 5.76. The number of hydrogen-bond donors (Lipinski definition) is 1. The average molecular weight is 433 g/mol. The number of carbonyl (C=O) groups is 1. The van der Waals surface area contributed by atoms with Crippen molar-refractivity contribution in [3.8, 4) is 6.07 Å². The van der Waals surface area contributed by atoms with Crippen LogP contribution in [0.3, 0.4) is 0 Å². The van der Waals surface area contributed by atoms with Crippen LogP contribution in [0.4, 0.5) is 0 Å². The summed E-state index contributed by atoms with van der Waals surface area (Å²) in [6, 6.07) is 9.99. The lowest BCUT2D eigenvalue weighted by Gasteiger charge is -2.59. The van der Waals surface area contributed by atoms with E-state index >= 15 is 0 Å². The van der Waals surface area contributed by atoms with Gasteiger partial charge in [-0.3, -0.25) is 4.79 Å². The largest absolute Gasteiger partial charge is 0.355 e. The van der Waals surface area contributed by atoms with E-state index in [1.807, 2.05) is 24.3 Å². The lowest BCUT2D eigenvalue weighted by Crippen LogP contribution is -2.58. The molecular weight excluding hydrogens is 408 g/mol. The van der Waals surface area contributed by atoms with E-state index in [2.05, 4.69) is 27.3 Å². The van der Waals surface area contributed by atoms with Crippen molar-refractivity contribution in [1.29, 1.82) is 5.26 Å². The number of hydrogen-bond acceptors (Lipinski definition) is 3. The molecule has 4 aliphatic rings. The van der Waals surface area contributed by atoms with Crippen LogP contribution in [0.5, 0.6) is 0 Å². The quantitative estimate of drug-likeness (QED) is 0.525. The minimum Gasteiger partial charge on any atom is -0.355 e. The van der Waals surface area contributed by atoms with Gasteiger partial charge in [-0.25, -0.2) is 0 Å². The van der Waals surface area contributed by atoms with E-state index in [0.29, 0.717) is 6.54 Å². The first kappa shape index (κ1) is 18.4. The van der Waals surface area contributed by atoms with Crippen LogP contribution in [0.1, 0.15) is 49.7 Å². The van der Waals surface area contributed by atoms with Gasteiger partial charge in [0.25, 0.3) is 0 Å². The number of amides is 1. The number of benzene rings is 1. The lowest BCUT2D eigenvalue weighted by molar-refractivity contribution is -0.143. The first-order valence-corrected chi connectivity index (χ1v) is 11.5. The van der Waals surface area contributed by atoms with E-state index in [1.54, 1.807) is 11.8 Å². The highest BCUT2D eigenvalue weighted by Gasteiger charge is 2.59. The lowest BCUT2D eigenvalue weighted by atomic mass is 9.49. The van der Waals surface area contributed by atoms with Gasteiger partial charge in [-0.1, -0.05) is 34.1 Å². The van der Waals surface area contributed by atoms with Crippen LogP contribution in [-0.4, -0.2) is 22.5 Å². The summed E-state index contributed by atoms with van der Waals surface area (Å²) in [5.74, 6) is 3.46. The van der Waals surface area contributed by atoms with Crippen molar-refractivity contribution in [2.45, 2.75) is 48.6 Å². The fraction of sp³-hybridized carbons (Fsp3) is 0.619. The van der Waals surface area contributed by atoms with E-state index in [0.717, 1.165) is 53.7 Å². The van der Waals surface area contributed by atoms with E-state index in [9.17, 15) is 4.79 Å². The number of nitrogens with zero attached hydrogens (tertiary/aromatic N) is 1. The van der Waals surface area contributed by atoms with Crippen LogP contribution < -0.4 is 5.32 Å². The molecular formula is C21H25BrN2OS. The number of halogens is 1. The summed E-state index contributed by atoms with van der Waals surface area (Å²) in [5, 5.41) is 12.4. The van der Waals surface area contributed by atoms with Crippen LogP contribution in [-0.2, 0) is 10.5 Å².